The molecule has 0 radical (unpaired) electrons. The van der Waals surface area contributed by atoms with E-state index in [1.54, 1.807) is 22.9 Å². The highest BCUT2D eigenvalue weighted by atomic mass is 35.5. The Kier molecular flexibility index (Phi) is 5.11. The lowest BCUT2D eigenvalue weighted by atomic mass is 10.1. The molecule has 2 aromatic heterocycles. The number of benzene rings is 2. The summed E-state index contributed by atoms with van der Waals surface area (Å²) >= 11 is 7.09. The van der Waals surface area contributed by atoms with Gasteiger partial charge in [0, 0.05) is 16.0 Å². The molecule has 2 amide bonds. The van der Waals surface area contributed by atoms with Crippen LogP contribution in [0.4, 0.5) is 5.13 Å². The van der Waals surface area contributed by atoms with Crippen LogP contribution in [0.5, 0.6) is 0 Å². The van der Waals surface area contributed by atoms with Gasteiger partial charge in [0.25, 0.3) is 11.8 Å². The second kappa shape index (κ2) is 7.86. The van der Waals surface area contributed by atoms with Crippen molar-refractivity contribution in [3.63, 3.8) is 0 Å². The van der Waals surface area contributed by atoms with Gasteiger partial charge in [-0.15, -0.1) is 11.3 Å². The molecule has 9 heteroatoms. The molecule has 0 spiro atoms. The molecule has 0 bridgehead atoms. The summed E-state index contributed by atoms with van der Waals surface area (Å²) in [4.78, 5) is 28.2. The molecule has 0 aliphatic rings. The Morgan fingerprint density at radius 1 is 1.07 bits per heavy atom. The fourth-order valence-electron chi connectivity index (χ4n) is 2.68. The Labute approximate surface area is 174 Å². The van der Waals surface area contributed by atoms with Gasteiger partial charge in [0.15, 0.2) is 5.13 Å². The van der Waals surface area contributed by atoms with Crippen LogP contribution in [0.1, 0.15) is 21.0 Å². The molecule has 7 nitrogen and oxygen atoms in total. The minimum Gasteiger partial charge on any atom is -0.364 e. The number of para-hydroxylation sites is 1. The summed E-state index contributed by atoms with van der Waals surface area (Å²) in [6, 6.07) is 18.2. The Balaban J connectivity index is 1.72. The summed E-state index contributed by atoms with van der Waals surface area (Å²) in [5.41, 5.74) is 7.81. The average molecular weight is 424 g/mol. The van der Waals surface area contributed by atoms with Gasteiger partial charge in [-0.2, -0.15) is 5.10 Å². The molecule has 0 unspecified atom stereocenters. The minimum atomic E-state index is -0.652. The number of primary amides is 1. The summed E-state index contributed by atoms with van der Waals surface area (Å²) in [7, 11) is 0. The summed E-state index contributed by atoms with van der Waals surface area (Å²) in [6.45, 7) is 0. The summed E-state index contributed by atoms with van der Waals surface area (Å²) in [6.07, 6.45) is 0. The number of aromatic nitrogens is 3. The maximum absolute atomic E-state index is 12.9. The van der Waals surface area contributed by atoms with Crippen LogP contribution in [-0.2, 0) is 0 Å². The van der Waals surface area contributed by atoms with Crippen LogP contribution in [0.15, 0.2) is 66.0 Å². The summed E-state index contributed by atoms with van der Waals surface area (Å²) in [5, 5.41) is 9.68. The maximum Gasteiger partial charge on any atom is 0.276 e. The minimum absolute atomic E-state index is 0.101. The Bertz CT molecular complexity index is 1190. The van der Waals surface area contributed by atoms with E-state index in [0.717, 1.165) is 22.6 Å². The third kappa shape index (κ3) is 4.03. The number of nitrogens with one attached hydrogen (secondary N) is 1. The molecule has 0 atom stereocenters. The van der Waals surface area contributed by atoms with E-state index >= 15 is 0 Å². The number of hydrogen-bond acceptors (Lipinski definition) is 5. The van der Waals surface area contributed by atoms with Crippen molar-refractivity contribution in [2.75, 3.05) is 5.32 Å². The van der Waals surface area contributed by atoms with Gasteiger partial charge in [-0.25, -0.2) is 9.67 Å². The van der Waals surface area contributed by atoms with Gasteiger partial charge < -0.3 is 5.73 Å². The highest BCUT2D eigenvalue weighted by Gasteiger charge is 2.19. The largest absolute Gasteiger partial charge is 0.364 e. The molecule has 4 aromatic rings. The van der Waals surface area contributed by atoms with Crippen LogP contribution in [0, 0.1) is 0 Å². The van der Waals surface area contributed by atoms with Gasteiger partial charge in [0.05, 0.1) is 11.4 Å². The first-order chi connectivity index (χ1) is 14.0. The van der Waals surface area contributed by atoms with E-state index in [4.69, 9.17) is 17.3 Å². The summed E-state index contributed by atoms with van der Waals surface area (Å²) in [5.74, 6) is -1.06. The number of nitrogens with two attached hydrogens (primary N) is 1. The molecule has 4 rings (SSSR count). The lowest BCUT2D eigenvalue weighted by Crippen LogP contribution is -2.17. The van der Waals surface area contributed by atoms with Gasteiger partial charge in [-0.1, -0.05) is 41.9 Å². The van der Waals surface area contributed by atoms with Gasteiger partial charge >= 0.3 is 0 Å². The van der Waals surface area contributed by atoms with Crippen molar-refractivity contribution in [2.45, 2.75) is 0 Å². The highest BCUT2D eigenvalue weighted by Crippen LogP contribution is 2.24. The second-order valence-corrected chi connectivity index (χ2v) is 7.32. The normalized spacial score (nSPS) is 10.7. The fourth-order valence-corrected chi connectivity index (χ4v) is 3.50. The number of rotatable bonds is 5. The number of anilines is 1. The number of nitrogens with zero attached hydrogens (tertiary/aromatic N) is 3. The lowest BCUT2D eigenvalue weighted by Gasteiger charge is -2.06. The SMILES string of the molecule is NC(=O)c1csc(NC(=O)c2cc(-c3ccc(Cl)cc3)nn2-c2ccccc2)n1. The zero-order chi connectivity index (χ0) is 20.4. The molecule has 0 saturated carbocycles. The van der Waals surface area contributed by atoms with Gasteiger partial charge in [-0.3, -0.25) is 14.9 Å². The van der Waals surface area contributed by atoms with Crippen molar-refractivity contribution in [1.82, 2.24) is 14.8 Å². The molecule has 2 heterocycles. The van der Waals surface area contributed by atoms with Crippen LogP contribution in [0.25, 0.3) is 16.9 Å². The third-order valence-electron chi connectivity index (χ3n) is 4.06. The van der Waals surface area contributed by atoms with E-state index in [-0.39, 0.29) is 10.8 Å². The van der Waals surface area contributed by atoms with Crippen LogP contribution >= 0.6 is 22.9 Å². The van der Waals surface area contributed by atoms with Crippen molar-refractivity contribution < 1.29 is 9.59 Å². The second-order valence-electron chi connectivity index (χ2n) is 6.03. The number of carbonyl (C=O) groups excluding carboxylic acids is 2. The quantitative estimate of drug-likeness (QED) is 0.506. The molecule has 0 aliphatic heterocycles. The average Bonchev–Trinajstić information content (AvgIpc) is 3.37. The monoisotopic (exact) mass is 423 g/mol. The molecule has 0 fully saturated rings. The first-order valence-corrected chi connectivity index (χ1v) is 9.75. The summed E-state index contributed by atoms with van der Waals surface area (Å²) < 4.78 is 1.56. The van der Waals surface area contributed by atoms with E-state index in [1.165, 1.54) is 5.38 Å². The molecular formula is C20H14ClN5O2S. The van der Waals surface area contributed by atoms with E-state index < -0.39 is 11.8 Å². The smallest absolute Gasteiger partial charge is 0.276 e. The fraction of sp³-hybridized carbons (Fsp3) is 0. The molecule has 144 valence electrons. The van der Waals surface area contributed by atoms with Crippen molar-refractivity contribution in [3.8, 4) is 16.9 Å². The number of carbonyl (C=O) groups is 2. The number of thiazole rings is 1. The first kappa shape index (κ1) is 18.9. The Morgan fingerprint density at radius 2 is 1.79 bits per heavy atom. The van der Waals surface area contributed by atoms with E-state index in [9.17, 15) is 9.59 Å². The van der Waals surface area contributed by atoms with Crippen LogP contribution < -0.4 is 11.1 Å². The maximum atomic E-state index is 12.9. The molecule has 0 aliphatic carbocycles. The first-order valence-electron chi connectivity index (χ1n) is 8.49. The van der Waals surface area contributed by atoms with Crippen molar-refractivity contribution >= 4 is 39.9 Å². The highest BCUT2D eigenvalue weighted by molar-refractivity contribution is 7.14. The zero-order valence-corrected chi connectivity index (χ0v) is 16.4. The Hall–Kier alpha value is -3.49. The van der Waals surface area contributed by atoms with Crippen LogP contribution in [-0.4, -0.2) is 26.6 Å². The van der Waals surface area contributed by atoms with Crippen molar-refractivity contribution in [1.29, 1.82) is 0 Å². The standard InChI is InChI=1S/C20H14ClN5O2S/c21-13-8-6-12(7-9-13)15-10-17(26(25-15)14-4-2-1-3-5-14)19(28)24-20-23-16(11-29-20)18(22)27/h1-11H,(H2,22,27)(H,23,24,28). The number of hydrogen-bond donors (Lipinski definition) is 2. The third-order valence-corrected chi connectivity index (χ3v) is 5.07. The van der Waals surface area contributed by atoms with E-state index in [2.05, 4.69) is 15.4 Å². The van der Waals surface area contributed by atoms with Crippen molar-refractivity contribution in [2.24, 2.45) is 5.73 Å². The predicted molar refractivity (Wildman–Crippen MR) is 113 cm³/mol. The van der Waals surface area contributed by atoms with Crippen LogP contribution in [0.2, 0.25) is 5.02 Å². The van der Waals surface area contributed by atoms with Gasteiger partial charge in [0.2, 0.25) is 0 Å². The zero-order valence-electron chi connectivity index (χ0n) is 14.9. The van der Waals surface area contributed by atoms with Gasteiger partial charge in [0.1, 0.15) is 11.4 Å². The number of amides is 2. The lowest BCUT2D eigenvalue weighted by molar-refractivity contribution is 0.0991. The molecule has 3 N–H and O–H groups in total. The van der Waals surface area contributed by atoms with E-state index in [0.29, 0.717) is 16.4 Å². The number of halogens is 1. The van der Waals surface area contributed by atoms with Crippen LogP contribution in [0.3, 0.4) is 0 Å². The van der Waals surface area contributed by atoms with E-state index in [1.807, 2.05) is 42.5 Å². The van der Waals surface area contributed by atoms with Gasteiger partial charge in [-0.05, 0) is 30.3 Å². The topological polar surface area (TPSA) is 103 Å². The molecule has 29 heavy (non-hydrogen) atoms. The van der Waals surface area contributed by atoms with Crippen molar-refractivity contribution in [3.05, 3.63) is 82.5 Å². The predicted octanol–water partition coefficient (Wildman–Crippen LogP) is 4.00. The molecule has 2 aromatic carbocycles. The molecular weight excluding hydrogens is 410 g/mol. The Morgan fingerprint density at radius 3 is 2.45 bits per heavy atom. The molecule has 0 saturated heterocycles.